The third kappa shape index (κ3) is 2.95. The van der Waals surface area contributed by atoms with Crippen LogP contribution in [0, 0.1) is 0 Å². The van der Waals surface area contributed by atoms with E-state index in [2.05, 4.69) is 5.32 Å². The Kier molecular flexibility index (Phi) is 4.23. The molecule has 0 bridgehead atoms. The van der Waals surface area contributed by atoms with E-state index >= 15 is 0 Å². The lowest BCUT2D eigenvalue weighted by molar-refractivity contribution is -0.151. The fraction of sp³-hybridized carbons (Fsp3) is 0.588. The quantitative estimate of drug-likeness (QED) is 0.868. The summed E-state index contributed by atoms with van der Waals surface area (Å²) in [6, 6.07) is 6.35. The summed E-state index contributed by atoms with van der Waals surface area (Å²) in [7, 11) is 0. The van der Waals surface area contributed by atoms with Gasteiger partial charge in [-0.1, -0.05) is 30.5 Å². The lowest BCUT2D eigenvalue weighted by Crippen LogP contribution is -2.57. The highest BCUT2D eigenvalue weighted by molar-refractivity contribution is 6.30. The van der Waals surface area contributed by atoms with Crippen LogP contribution in [0.3, 0.4) is 0 Å². The van der Waals surface area contributed by atoms with Gasteiger partial charge < -0.3 is 4.74 Å². The standard InChI is InChI=1S/C17H22ClNO2/c1-2-21-16(20)17(19-15-5-3-4-6-15)10-12-7-8-14(18)9-13(12)11-17/h7-9,15,19H,2-6,10-11H2,1H3. The van der Waals surface area contributed by atoms with Crippen LogP contribution in [0.25, 0.3) is 0 Å². The molecule has 114 valence electrons. The minimum absolute atomic E-state index is 0.121. The minimum Gasteiger partial charge on any atom is -0.465 e. The first-order chi connectivity index (χ1) is 10.1. The Morgan fingerprint density at radius 3 is 2.76 bits per heavy atom. The third-order valence-electron chi connectivity index (χ3n) is 4.65. The molecule has 0 radical (unpaired) electrons. The van der Waals surface area contributed by atoms with Crippen molar-refractivity contribution < 1.29 is 9.53 Å². The number of halogens is 1. The van der Waals surface area contributed by atoms with Crippen molar-refractivity contribution in [2.24, 2.45) is 0 Å². The van der Waals surface area contributed by atoms with Crippen molar-refractivity contribution in [1.29, 1.82) is 0 Å². The second-order valence-electron chi connectivity index (χ2n) is 6.19. The fourth-order valence-corrected chi connectivity index (χ4v) is 3.87. The number of esters is 1. The number of fused-ring (bicyclic) bond motifs is 1. The van der Waals surface area contributed by atoms with Crippen LogP contribution in [0.1, 0.15) is 43.7 Å². The zero-order valence-corrected chi connectivity index (χ0v) is 13.2. The molecule has 3 rings (SSSR count). The summed E-state index contributed by atoms with van der Waals surface area (Å²) in [6.07, 6.45) is 6.17. The first-order valence-corrected chi connectivity index (χ1v) is 8.23. The Hall–Kier alpha value is -1.06. The molecule has 1 atom stereocenters. The lowest BCUT2D eigenvalue weighted by atomic mass is 9.94. The molecule has 2 aliphatic carbocycles. The van der Waals surface area contributed by atoms with E-state index in [1.807, 2.05) is 25.1 Å². The average Bonchev–Trinajstić information content (AvgIpc) is 3.06. The molecule has 0 aromatic heterocycles. The number of carbonyl (C=O) groups excluding carboxylic acids is 1. The van der Waals surface area contributed by atoms with E-state index in [0.29, 0.717) is 25.5 Å². The first kappa shape index (κ1) is 14.9. The van der Waals surface area contributed by atoms with E-state index in [9.17, 15) is 4.79 Å². The Balaban J connectivity index is 1.86. The Morgan fingerprint density at radius 2 is 2.05 bits per heavy atom. The van der Waals surface area contributed by atoms with Crippen molar-refractivity contribution in [3.8, 4) is 0 Å². The fourth-order valence-electron chi connectivity index (χ4n) is 3.68. The molecule has 0 saturated heterocycles. The summed E-state index contributed by atoms with van der Waals surface area (Å²) in [5, 5.41) is 4.36. The highest BCUT2D eigenvalue weighted by Gasteiger charge is 2.46. The Bertz CT molecular complexity index is 540. The average molecular weight is 308 g/mol. The van der Waals surface area contributed by atoms with E-state index in [0.717, 1.165) is 17.9 Å². The Morgan fingerprint density at radius 1 is 1.33 bits per heavy atom. The van der Waals surface area contributed by atoms with Crippen molar-refractivity contribution in [3.63, 3.8) is 0 Å². The molecule has 1 saturated carbocycles. The first-order valence-electron chi connectivity index (χ1n) is 7.85. The summed E-state index contributed by atoms with van der Waals surface area (Å²) in [6.45, 7) is 2.28. The van der Waals surface area contributed by atoms with Gasteiger partial charge in [0.1, 0.15) is 5.54 Å². The largest absolute Gasteiger partial charge is 0.465 e. The third-order valence-corrected chi connectivity index (χ3v) is 4.89. The van der Waals surface area contributed by atoms with Gasteiger partial charge in [0.2, 0.25) is 0 Å². The molecule has 0 heterocycles. The lowest BCUT2D eigenvalue weighted by Gasteiger charge is -2.31. The van der Waals surface area contributed by atoms with Crippen LogP contribution >= 0.6 is 11.6 Å². The maximum absolute atomic E-state index is 12.6. The van der Waals surface area contributed by atoms with Gasteiger partial charge in [-0.05, 0) is 43.0 Å². The summed E-state index contributed by atoms with van der Waals surface area (Å²) in [5.41, 5.74) is 1.77. The summed E-state index contributed by atoms with van der Waals surface area (Å²) in [5.74, 6) is -0.121. The normalized spacial score (nSPS) is 25.0. The summed E-state index contributed by atoms with van der Waals surface area (Å²) in [4.78, 5) is 12.6. The molecule has 2 aliphatic rings. The van der Waals surface area contributed by atoms with Gasteiger partial charge in [-0.15, -0.1) is 0 Å². The number of hydrogen-bond donors (Lipinski definition) is 1. The van der Waals surface area contributed by atoms with Crippen LogP contribution in [0.4, 0.5) is 0 Å². The molecule has 0 aliphatic heterocycles. The Labute approximate surface area is 131 Å². The van der Waals surface area contributed by atoms with Gasteiger partial charge in [-0.2, -0.15) is 0 Å². The molecule has 1 unspecified atom stereocenters. The van der Waals surface area contributed by atoms with Gasteiger partial charge in [-0.25, -0.2) is 0 Å². The summed E-state index contributed by atoms with van der Waals surface area (Å²) >= 11 is 6.09. The van der Waals surface area contributed by atoms with Gasteiger partial charge in [0.25, 0.3) is 0 Å². The van der Waals surface area contributed by atoms with E-state index < -0.39 is 5.54 Å². The maximum atomic E-state index is 12.6. The molecule has 4 heteroatoms. The molecule has 0 amide bonds. The number of carbonyl (C=O) groups is 1. The number of nitrogens with one attached hydrogen (secondary N) is 1. The predicted octanol–water partition coefficient (Wildman–Crippen LogP) is 3.27. The molecule has 1 aromatic carbocycles. The topological polar surface area (TPSA) is 38.3 Å². The second kappa shape index (κ2) is 5.98. The van der Waals surface area contributed by atoms with Crippen LogP contribution in [0.15, 0.2) is 18.2 Å². The van der Waals surface area contributed by atoms with Crippen molar-refractivity contribution in [1.82, 2.24) is 5.32 Å². The van der Waals surface area contributed by atoms with Gasteiger partial charge in [-0.3, -0.25) is 10.1 Å². The van der Waals surface area contributed by atoms with Gasteiger partial charge >= 0.3 is 5.97 Å². The zero-order valence-electron chi connectivity index (χ0n) is 12.5. The smallest absolute Gasteiger partial charge is 0.327 e. The van der Waals surface area contributed by atoms with Crippen molar-refractivity contribution >= 4 is 17.6 Å². The molecule has 3 nitrogen and oxygen atoms in total. The molecular formula is C17H22ClNO2. The van der Waals surface area contributed by atoms with Crippen molar-refractivity contribution in [2.75, 3.05) is 6.61 Å². The van der Waals surface area contributed by atoms with Crippen molar-refractivity contribution in [2.45, 2.75) is 57.0 Å². The number of hydrogen-bond acceptors (Lipinski definition) is 3. The summed E-state index contributed by atoms with van der Waals surface area (Å²) < 4.78 is 5.37. The molecule has 0 spiro atoms. The van der Waals surface area contributed by atoms with Gasteiger partial charge in [0.05, 0.1) is 6.61 Å². The number of benzene rings is 1. The van der Waals surface area contributed by atoms with E-state index in [1.165, 1.54) is 24.0 Å². The van der Waals surface area contributed by atoms with E-state index in [1.54, 1.807) is 0 Å². The number of ether oxygens (including phenoxy) is 1. The van der Waals surface area contributed by atoms with Crippen LogP contribution in [-0.2, 0) is 22.4 Å². The molecule has 1 aromatic rings. The predicted molar refractivity (Wildman–Crippen MR) is 83.6 cm³/mol. The maximum Gasteiger partial charge on any atom is 0.327 e. The van der Waals surface area contributed by atoms with Crippen molar-refractivity contribution in [3.05, 3.63) is 34.3 Å². The van der Waals surface area contributed by atoms with E-state index in [4.69, 9.17) is 16.3 Å². The minimum atomic E-state index is -0.599. The van der Waals surface area contributed by atoms with Crippen LogP contribution in [0.2, 0.25) is 5.02 Å². The molecule has 1 fully saturated rings. The van der Waals surface area contributed by atoms with Crippen LogP contribution < -0.4 is 5.32 Å². The molecular weight excluding hydrogens is 286 g/mol. The monoisotopic (exact) mass is 307 g/mol. The highest BCUT2D eigenvalue weighted by atomic mass is 35.5. The van der Waals surface area contributed by atoms with E-state index in [-0.39, 0.29) is 5.97 Å². The van der Waals surface area contributed by atoms with Crippen LogP contribution in [-0.4, -0.2) is 24.2 Å². The number of rotatable bonds is 4. The van der Waals surface area contributed by atoms with Gasteiger partial charge in [0, 0.05) is 23.9 Å². The molecule has 21 heavy (non-hydrogen) atoms. The molecule has 1 N–H and O–H groups in total. The zero-order chi connectivity index (χ0) is 14.9. The van der Waals surface area contributed by atoms with Crippen LogP contribution in [0.5, 0.6) is 0 Å². The highest BCUT2D eigenvalue weighted by Crippen LogP contribution is 2.35. The SMILES string of the molecule is CCOC(=O)C1(NC2CCCC2)Cc2ccc(Cl)cc2C1. The second-order valence-corrected chi connectivity index (χ2v) is 6.63. The van der Waals surface area contributed by atoms with Gasteiger partial charge in [0.15, 0.2) is 0 Å².